The number of rotatable bonds is 6. The first-order valence-corrected chi connectivity index (χ1v) is 6.75. The Morgan fingerprint density at radius 3 is 2.70 bits per heavy atom. The number of benzene rings is 1. The van der Waals surface area contributed by atoms with E-state index in [1.54, 1.807) is 7.05 Å². The average molecular weight is 272 g/mol. The summed E-state index contributed by atoms with van der Waals surface area (Å²) in [6, 6.07) is 7.92. The zero-order valence-corrected chi connectivity index (χ0v) is 11.9. The van der Waals surface area contributed by atoms with Crippen LogP contribution in [0.2, 0.25) is 0 Å². The molecule has 1 aromatic carbocycles. The van der Waals surface area contributed by atoms with Gasteiger partial charge in [-0.25, -0.2) is 4.98 Å². The van der Waals surface area contributed by atoms with Crippen molar-refractivity contribution in [3.8, 4) is 0 Å². The van der Waals surface area contributed by atoms with Gasteiger partial charge in [-0.3, -0.25) is 4.79 Å². The van der Waals surface area contributed by atoms with E-state index in [0.29, 0.717) is 6.42 Å². The SMILES string of the molecule is CCn1cncc1CNc1ccc(CC(=O)NC)cc1. The molecule has 0 aliphatic carbocycles. The van der Waals surface area contributed by atoms with Gasteiger partial charge in [0, 0.05) is 25.5 Å². The Morgan fingerprint density at radius 1 is 1.30 bits per heavy atom. The fraction of sp³-hybridized carbons (Fsp3) is 0.333. The summed E-state index contributed by atoms with van der Waals surface area (Å²) in [7, 11) is 1.65. The number of aromatic nitrogens is 2. The molecule has 0 aliphatic rings. The maximum atomic E-state index is 11.3. The van der Waals surface area contributed by atoms with E-state index < -0.39 is 0 Å². The molecule has 1 amide bonds. The highest BCUT2D eigenvalue weighted by Gasteiger charge is 2.02. The number of nitrogens with zero attached hydrogens (tertiary/aromatic N) is 2. The van der Waals surface area contributed by atoms with Crippen molar-refractivity contribution in [1.29, 1.82) is 0 Å². The highest BCUT2D eigenvalue weighted by molar-refractivity contribution is 5.78. The molecule has 0 aliphatic heterocycles. The topological polar surface area (TPSA) is 59.0 Å². The molecular formula is C15H20N4O. The molecule has 1 aromatic heterocycles. The van der Waals surface area contributed by atoms with Crippen molar-refractivity contribution in [1.82, 2.24) is 14.9 Å². The van der Waals surface area contributed by atoms with Crippen LogP contribution in [0.5, 0.6) is 0 Å². The molecule has 0 radical (unpaired) electrons. The van der Waals surface area contributed by atoms with Crippen LogP contribution in [0, 0.1) is 0 Å². The molecule has 0 unspecified atom stereocenters. The largest absolute Gasteiger partial charge is 0.379 e. The standard InChI is InChI=1S/C15H20N4O/c1-3-19-11-17-9-14(19)10-18-13-6-4-12(5-7-13)8-15(20)16-2/h4-7,9,11,18H,3,8,10H2,1-2H3,(H,16,20). The Hall–Kier alpha value is -2.30. The van der Waals surface area contributed by atoms with Gasteiger partial charge in [0.2, 0.25) is 5.91 Å². The Balaban J connectivity index is 1.92. The molecule has 2 aromatic rings. The first-order chi connectivity index (χ1) is 9.72. The molecule has 0 spiro atoms. The Labute approximate surface area is 119 Å². The van der Waals surface area contributed by atoms with E-state index >= 15 is 0 Å². The zero-order valence-electron chi connectivity index (χ0n) is 11.9. The second-order valence-corrected chi connectivity index (χ2v) is 4.57. The maximum Gasteiger partial charge on any atom is 0.224 e. The molecule has 20 heavy (non-hydrogen) atoms. The van der Waals surface area contributed by atoms with Crippen LogP contribution in [-0.4, -0.2) is 22.5 Å². The number of likely N-dealkylation sites (N-methyl/N-ethyl adjacent to an activating group) is 1. The van der Waals surface area contributed by atoms with Crippen LogP contribution in [-0.2, 0) is 24.3 Å². The van der Waals surface area contributed by atoms with Gasteiger partial charge in [0.05, 0.1) is 25.0 Å². The van der Waals surface area contributed by atoms with E-state index in [9.17, 15) is 4.79 Å². The summed E-state index contributed by atoms with van der Waals surface area (Å²) in [5.41, 5.74) is 3.20. The van der Waals surface area contributed by atoms with Gasteiger partial charge in [0.25, 0.3) is 0 Å². The van der Waals surface area contributed by atoms with Gasteiger partial charge in [-0.1, -0.05) is 12.1 Å². The Kier molecular flexibility index (Phi) is 4.76. The lowest BCUT2D eigenvalue weighted by Gasteiger charge is -2.09. The third kappa shape index (κ3) is 3.60. The molecule has 0 saturated heterocycles. The number of hydrogen-bond acceptors (Lipinski definition) is 3. The van der Waals surface area contributed by atoms with Crippen LogP contribution in [0.15, 0.2) is 36.8 Å². The van der Waals surface area contributed by atoms with Crippen molar-refractivity contribution >= 4 is 11.6 Å². The smallest absolute Gasteiger partial charge is 0.224 e. The van der Waals surface area contributed by atoms with Crippen molar-refractivity contribution in [2.45, 2.75) is 26.4 Å². The molecule has 5 heteroatoms. The summed E-state index contributed by atoms with van der Waals surface area (Å²) in [4.78, 5) is 15.4. The molecular weight excluding hydrogens is 252 g/mol. The number of imidazole rings is 1. The quantitative estimate of drug-likeness (QED) is 0.843. The third-order valence-electron chi connectivity index (χ3n) is 3.21. The number of amides is 1. The van der Waals surface area contributed by atoms with Crippen LogP contribution in [0.3, 0.4) is 0 Å². The lowest BCUT2D eigenvalue weighted by Crippen LogP contribution is -2.19. The summed E-state index contributed by atoms with van der Waals surface area (Å²) in [5, 5.41) is 5.98. The highest BCUT2D eigenvalue weighted by Crippen LogP contribution is 2.11. The van der Waals surface area contributed by atoms with Gasteiger partial charge in [-0.15, -0.1) is 0 Å². The molecule has 0 saturated carbocycles. The summed E-state index contributed by atoms with van der Waals surface area (Å²) in [5.74, 6) is 0.0255. The van der Waals surface area contributed by atoms with Gasteiger partial charge in [-0.05, 0) is 24.6 Å². The average Bonchev–Trinajstić information content (AvgIpc) is 2.94. The van der Waals surface area contributed by atoms with Crippen LogP contribution in [0.1, 0.15) is 18.2 Å². The second kappa shape index (κ2) is 6.75. The second-order valence-electron chi connectivity index (χ2n) is 4.57. The molecule has 0 bridgehead atoms. The predicted molar refractivity (Wildman–Crippen MR) is 79.4 cm³/mol. The minimum atomic E-state index is 0.0255. The fourth-order valence-electron chi connectivity index (χ4n) is 1.99. The molecule has 2 N–H and O–H groups in total. The molecule has 0 atom stereocenters. The summed E-state index contributed by atoms with van der Waals surface area (Å²) >= 11 is 0. The summed E-state index contributed by atoms with van der Waals surface area (Å²) in [6.07, 6.45) is 4.12. The minimum absolute atomic E-state index is 0.0255. The Bertz CT molecular complexity index is 560. The van der Waals surface area contributed by atoms with E-state index in [1.807, 2.05) is 36.8 Å². The Morgan fingerprint density at radius 2 is 2.05 bits per heavy atom. The predicted octanol–water partition coefficient (Wildman–Crippen LogP) is 1.80. The molecule has 1 heterocycles. The lowest BCUT2D eigenvalue weighted by molar-refractivity contribution is -0.119. The first kappa shape index (κ1) is 14.1. The highest BCUT2D eigenvalue weighted by atomic mass is 16.1. The fourth-order valence-corrected chi connectivity index (χ4v) is 1.99. The number of anilines is 1. The molecule has 5 nitrogen and oxygen atoms in total. The van der Waals surface area contributed by atoms with E-state index in [1.165, 1.54) is 0 Å². The number of carbonyl (C=O) groups is 1. The lowest BCUT2D eigenvalue weighted by atomic mass is 10.1. The summed E-state index contributed by atoms with van der Waals surface area (Å²) < 4.78 is 2.10. The van der Waals surface area contributed by atoms with Crippen molar-refractivity contribution in [2.24, 2.45) is 0 Å². The van der Waals surface area contributed by atoms with Crippen molar-refractivity contribution in [3.05, 3.63) is 48.0 Å². The van der Waals surface area contributed by atoms with E-state index in [0.717, 1.165) is 30.0 Å². The minimum Gasteiger partial charge on any atom is -0.379 e. The first-order valence-electron chi connectivity index (χ1n) is 6.75. The van der Waals surface area contributed by atoms with Gasteiger partial charge in [-0.2, -0.15) is 0 Å². The van der Waals surface area contributed by atoms with Gasteiger partial charge in [0.15, 0.2) is 0 Å². The van der Waals surface area contributed by atoms with Gasteiger partial charge < -0.3 is 15.2 Å². The van der Waals surface area contributed by atoms with Crippen LogP contribution in [0.25, 0.3) is 0 Å². The molecule has 0 fully saturated rings. The third-order valence-corrected chi connectivity index (χ3v) is 3.21. The van der Waals surface area contributed by atoms with Crippen LogP contribution >= 0.6 is 0 Å². The van der Waals surface area contributed by atoms with Gasteiger partial charge in [0.1, 0.15) is 0 Å². The van der Waals surface area contributed by atoms with Crippen molar-refractivity contribution in [2.75, 3.05) is 12.4 Å². The van der Waals surface area contributed by atoms with Crippen molar-refractivity contribution in [3.63, 3.8) is 0 Å². The van der Waals surface area contributed by atoms with E-state index in [2.05, 4.69) is 27.1 Å². The van der Waals surface area contributed by atoms with E-state index in [4.69, 9.17) is 0 Å². The summed E-state index contributed by atoms with van der Waals surface area (Å²) in [6.45, 7) is 3.75. The van der Waals surface area contributed by atoms with Gasteiger partial charge >= 0.3 is 0 Å². The van der Waals surface area contributed by atoms with Crippen molar-refractivity contribution < 1.29 is 4.79 Å². The normalized spacial score (nSPS) is 10.3. The van der Waals surface area contributed by atoms with Crippen LogP contribution < -0.4 is 10.6 Å². The number of hydrogen-bond donors (Lipinski definition) is 2. The zero-order chi connectivity index (χ0) is 14.4. The number of nitrogens with one attached hydrogen (secondary N) is 2. The molecule has 106 valence electrons. The monoisotopic (exact) mass is 272 g/mol. The number of aryl methyl sites for hydroxylation is 1. The maximum absolute atomic E-state index is 11.3. The number of carbonyl (C=O) groups excluding carboxylic acids is 1. The van der Waals surface area contributed by atoms with Crippen LogP contribution in [0.4, 0.5) is 5.69 Å². The molecule has 2 rings (SSSR count). The van der Waals surface area contributed by atoms with E-state index in [-0.39, 0.29) is 5.91 Å².